The SMILES string of the molecule is Cc1ccc(NS(=O)(=O)c2ccc(CCC(=O)NCc3cccc(C)c3)cc2)cc1. The molecule has 3 aromatic rings. The number of rotatable bonds is 8. The van der Waals surface area contributed by atoms with Crippen molar-refractivity contribution in [3.63, 3.8) is 0 Å². The number of nitrogens with one attached hydrogen (secondary N) is 2. The van der Waals surface area contributed by atoms with Crippen LogP contribution in [0.4, 0.5) is 5.69 Å². The Morgan fingerprint density at radius 1 is 0.833 bits per heavy atom. The van der Waals surface area contributed by atoms with Crippen LogP contribution in [-0.4, -0.2) is 14.3 Å². The second-order valence-corrected chi connectivity index (χ2v) is 9.06. The minimum absolute atomic E-state index is 0.0331. The van der Waals surface area contributed by atoms with E-state index >= 15 is 0 Å². The van der Waals surface area contributed by atoms with Crippen LogP contribution in [0.15, 0.2) is 77.7 Å². The number of carbonyl (C=O) groups is 1. The monoisotopic (exact) mass is 422 g/mol. The van der Waals surface area contributed by atoms with Crippen molar-refractivity contribution in [3.8, 4) is 0 Å². The number of sulfonamides is 1. The van der Waals surface area contributed by atoms with E-state index in [-0.39, 0.29) is 10.8 Å². The van der Waals surface area contributed by atoms with Crippen LogP contribution in [0.2, 0.25) is 0 Å². The van der Waals surface area contributed by atoms with Crippen molar-refractivity contribution in [2.45, 2.75) is 38.1 Å². The molecule has 30 heavy (non-hydrogen) atoms. The van der Waals surface area contributed by atoms with Gasteiger partial charge in [-0.05, 0) is 55.7 Å². The summed E-state index contributed by atoms with van der Waals surface area (Å²) in [6.45, 7) is 4.47. The molecular weight excluding hydrogens is 396 g/mol. The van der Waals surface area contributed by atoms with Gasteiger partial charge in [0.1, 0.15) is 0 Å². The van der Waals surface area contributed by atoms with Crippen LogP contribution in [0, 0.1) is 13.8 Å². The lowest BCUT2D eigenvalue weighted by atomic mass is 10.1. The summed E-state index contributed by atoms with van der Waals surface area (Å²) in [5.41, 5.74) is 4.72. The molecule has 0 aliphatic rings. The maximum absolute atomic E-state index is 12.5. The Bertz CT molecular complexity index is 1110. The third-order valence-corrected chi connectivity index (χ3v) is 6.15. The van der Waals surface area contributed by atoms with Crippen molar-refractivity contribution < 1.29 is 13.2 Å². The normalized spacial score (nSPS) is 11.1. The Hall–Kier alpha value is -3.12. The van der Waals surface area contributed by atoms with Gasteiger partial charge in [-0.15, -0.1) is 0 Å². The molecule has 0 fully saturated rings. The number of hydrogen-bond acceptors (Lipinski definition) is 3. The third-order valence-electron chi connectivity index (χ3n) is 4.75. The molecule has 0 atom stereocenters. The topological polar surface area (TPSA) is 75.3 Å². The zero-order valence-corrected chi connectivity index (χ0v) is 18.0. The molecule has 0 bridgehead atoms. The first-order chi connectivity index (χ1) is 14.3. The molecule has 0 aromatic heterocycles. The van der Waals surface area contributed by atoms with E-state index in [4.69, 9.17) is 0 Å². The summed E-state index contributed by atoms with van der Waals surface area (Å²) in [6.07, 6.45) is 0.894. The highest BCUT2D eigenvalue weighted by Crippen LogP contribution is 2.17. The van der Waals surface area contributed by atoms with E-state index in [1.165, 1.54) is 0 Å². The van der Waals surface area contributed by atoms with Crippen molar-refractivity contribution in [3.05, 3.63) is 95.1 Å². The van der Waals surface area contributed by atoms with E-state index in [0.717, 1.165) is 22.3 Å². The van der Waals surface area contributed by atoms with Gasteiger partial charge in [0.25, 0.3) is 10.0 Å². The van der Waals surface area contributed by atoms with E-state index in [2.05, 4.69) is 10.0 Å². The molecule has 0 radical (unpaired) electrons. The molecule has 0 aliphatic carbocycles. The van der Waals surface area contributed by atoms with Gasteiger partial charge in [-0.3, -0.25) is 9.52 Å². The number of anilines is 1. The van der Waals surface area contributed by atoms with Gasteiger partial charge >= 0.3 is 0 Å². The quantitative estimate of drug-likeness (QED) is 0.567. The summed E-state index contributed by atoms with van der Waals surface area (Å²) in [7, 11) is -3.65. The van der Waals surface area contributed by atoms with Crippen LogP contribution in [0.25, 0.3) is 0 Å². The average molecular weight is 423 g/mol. The Labute approximate surface area is 178 Å². The number of aryl methyl sites for hydroxylation is 3. The van der Waals surface area contributed by atoms with Gasteiger partial charge in [-0.2, -0.15) is 0 Å². The molecule has 2 N–H and O–H groups in total. The highest BCUT2D eigenvalue weighted by atomic mass is 32.2. The Morgan fingerprint density at radius 2 is 1.53 bits per heavy atom. The zero-order valence-electron chi connectivity index (χ0n) is 17.2. The van der Waals surface area contributed by atoms with Gasteiger partial charge in [0.15, 0.2) is 0 Å². The molecule has 0 saturated heterocycles. The van der Waals surface area contributed by atoms with Crippen molar-refractivity contribution in [2.24, 2.45) is 0 Å². The lowest BCUT2D eigenvalue weighted by molar-refractivity contribution is -0.121. The highest BCUT2D eigenvalue weighted by molar-refractivity contribution is 7.92. The van der Waals surface area contributed by atoms with E-state index < -0.39 is 10.0 Å². The second-order valence-electron chi connectivity index (χ2n) is 7.38. The predicted octanol–water partition coefficient (Wildman–Crippen LogP) is 4.35. The summed E-state index contributed by atoms with van der Waals surface area (Å²) in [4.78, 5) is 12.3. The fraction of sp³-hybridized carbons (Fsp3) is 0.208. The van der Waals surface area contributed by atoms with Crippen molar-refractivity contribution in [1.29, 1.82) is 0 Å². The molecule has 1 amide bonds. The average Bonchev–Trinajstić information content (AvgIpc) is 2.73. The summed E-state index contributed by atoms with van der Waals surface area (Å²) in [5, 5.41) is 2.92. The van der Waals surface area contributed by atoms with Gasteiger partial charge < -0.3 is 5.32 Å². The summed E-state index contributed by atoms with van der Waals surface area (Å²) >= 11 is 0. The molecule has 0 saturated carbocycles. The molecule has 0 spiro atoms. The van der Waals surface area contributed by atoms with E-state index in [1.807, 2.05) is 50.2 Å². The van der Waals surface area contributed by atoms with E-state index in [1.54, 1.807) is 36.4 Å². The Morgan fingerprint density at radius 3 is 2.20 bits per heavy atom. The first-order valence-corrected chi connectivity index (χ1v) is 11.3. The summed E-state index contributed by atoms with van der Waals surface area (Å²) < 4.78 is 27.6. The first-order valence-electron chi connectivity index (χ1n) is 9.82. The third kappa shape index (κ3) is 6.19. The largest absolute Gasteiger partial charge is 0.352 e. The second kappa shape index (κ2) is 9.59. The standard InChI is InChI=1S/C24H26N2O3S/c1-18-6-11-22(12-7-18)26-30(28,29)23-13-8-20(9-14-23)10-15-24(27)25-17-21-5-3-4-19(2)16-21/h3-9,11-14,16,26H,10,15,17H2,1-2H3,(H,25,27). The number of benzene rings is 3. The highest BCUT2D eigenvalue weighted by Gasteiger charge is 2.14. The Balaban J connectivity index is 1.52. The fourth-order valence-corrected chi connectivity index (χ4v) is 4.10. The van der Waals surface area contributed by atoms with Crippen molar-refractivity contribution in [2.75, 3.05) is 4.72 Å². The van der Waals surface area contributed by atoms with E-state index in [0.29, 0.717) is 25.1 Å². The molecule has 6 heteroatoms. The smallest absolute Gasteiger partial charge is 0.261 e. The van der Waals surface area contributed by atoms with Crippen molar-refractivity contribution in [1.82, 2.24) is 5.32 Å². The zero-order chi connectivity index (χ0) is 21.6. The molecule has 3 rings (SSSR count). The van der Waals surface area contributed by atoms with Gasteiger partial charge in [0, 0.05) is 18.7 Å². The molecular formula is C24H26N2O3S. The minimum Gasteiger partial charge on any atom is -0.352 e. The fourth-order valence-electron chi connectivity index (χ4n) is 3.04. The number of hydrogen-bond donors (Lipinski definition) is 2. The predicted molar refractivity (Wildman–Crippen MR) is 120 cm³/mol. The number of amides is 1. The van der Waals surface area contributed by atoms with E-state index in [9.17, 15) is 13.2 Å². The van der Waals surface area contributed by atoms with Gasteiger partial charge in [-0.25, -0.2) is 8.42 Å². The maximum Gasteiger partial charge on any atom is 0.261 e. The van der Waals surface area contributed by atoms with Crippen LogP contribution in [-0.2, 0) is 27.8 Å². The lowest BCUT2D eigenvalue weighted by Gasteiger charge is -2.09. The summed E-state index contributed by atoms with van der Waals surface area (Å²) in [5.74, 6) is -0.0331. The summed E-state index contributed by atoms with van der Waals surface area (Å²) in [6, 6.07) is 21.8. The van der Waals surface area contributed by atoms with Crippen LogP contribution in [0.5, 0.6) is 0 Å². The lowest BCUT2D eigenvalue weighted by Crippen LogP contribution is -2.23. The Kier molecular flexibility index (Phi) is 6.90. The van der Waals surface area contributed by atoms with Crippen LogP contribution in [0.1, 0.15) is 28.7 Å². The van der Waals surface area contributed by atoms with Crippen LogP contribution >= 0.6 is 0 Å². The van der Waals surface area contributed by atoms with Crippen LogP contribution < -0.4 is 10.0 Å². The maximum atomic E-state index is 12.5. The molecule has 0 unspecified atom stereocenters. The minimum atomic E-state index is -3.65. The molecule has 0 aliphatic heterocycles. The van der Waals surface area contributed by atoms with Gasteiger partial charge in [0.05, 0.1) is 4.90 Å². The molecule has 5 nitrogen and oxygen atoms in total. The molecule has 0 heterocycles. The van der Waals surface area contributed by atoms with Crippen molar-refractivity contribution >= 4 is 21.6 Å². The van der Waals surface area contributed by atoms with Gasteiger partial charge in [-0.1, -0.05) is 59.7 Å². The van der Waals surface area contributed by atoms with Gasteiger partial charge in [0.2, 0.25) is 5.91 Å². The molecule has 156 valence electrons. The molecule has 3 aromatic carbocycles. The number of carbonyl (C=O) groups excluding carboxylic acids is 1. The van der Waals surface area contributed by atoms with Crippen LogP contribution in [0.3, 0.4) is 0 Å². The first kappa shape index (κ1) is 21.6.